The van der Waals surface area contributed by atoms with Gasteiger partial charge in [0.2, 0.25) is 0 Å². The van der Waals surface area contributed by atoms with Gasteiger partial charge < -0.3 is 39.3 Å². The molecule has 0 aromatic heterocycles. The molecule has 4 atom stereocenters. The standard InChI is InChI=1S/C39H57N2O8P/c1-37(2,3)40-26-35(42)30-17-18-36(48-29-49-50(44,45)46)31(25-30)27-41-23-19-32(20-24-41)38(28-41,47-4)21-22-39(43,34-15-11-8-12-16-34)33-13-9-6-5-7-10-14-33/h8,11-12,15-18,25,32-33,35,40,42-43H,5-7,9-10,13-14,19-20,23-24,26-29H2,1-4H3,(H-,44,45,46). The number of fused-ring (bicyclic) bond motifs is 3. The van der Waals surface area contributed by atoms with Crippen molar-refractivity contribution in [1.82, 2.24) is 5.32 Å². The molecule has 2 bridgehead atoms. The Morgan fingerprint density at radius 3 is 2.32 bits per heavy atom. The number of rotatable bonds is 12. The Balaban J connectivity index is 1.47. The largest absolute Gasteiger partial charge is 0.756 e. The molecule has 10 nitrogen and oxygen atoms in total. The van der Waals surface area contributed by atoms with Gasteiger partial charge in [0, 0.05) is 49.4 Å². The van der Waals surface area contributed by atoms with Gasteiger partial charge >= 0.3 is 0 Å². The minimum absolute atomic E-state index is 0.0306. The number of piperidine rings is 3. The molecular weight excluding hydrogens is 655 g/mol. The van der Waals surface area contributed by atoms with Crippen LogP contribution in [0.4, 0.5) is 0 Å². The topological polar surface area (TPSA) is 141 Å². The van der Waals surface area contributed by atoms with E-state index in [-0.39, 0.29) is 17.4 Å². The summed E-state index contributed by atoms with van der Waals surface area (Å²) in [4.78, 5) is 20.4. The molecular formula is C39H57N2O8P. The number of quaternary nitrogens is 1. The van der Waals surface area contributed by atoms with E-state index in [2.05, 4.69) is 21.7 Å². The van der Waals surface area contributed by atoms with Gasteiger partial charge in [-0.25, -0.2) is 0 Å². The lowest BCUT2D eigenvalue weighted by Crippen LogP contribution is -2.68. The third kappa shape index (κ3) is 9.77. The van der Waals surface area contributed by atoms with Crippen LogP contribution in [0.1, 0.15) is 101 Å². The molecule has 3 heterocycles. The number of benzene rings is 2. The summed E-state index contributed by atoms with van der Waals surface area (Å²) in [5.74, 6) is 7.72. The van der Waals surface area contributed by atoms with Gasteiger partial charge in [-0.2, -0.15) is 0 Å². The third-order valence-corrected chi connectivity index (χ3v) is 11.5. The molecule has 276 valence electrons. The van der Waals surface area contributed by atoms with Crippen molar-refractivity contribution in [1.29, 1.82) is 0 Å². The molecule has 6 rings (SSSR count). The van der Waals surface area contributed by atoms with Crippen molar-refractivity contribution in [3.8, 4) is 17.6 Å². The molecule has 0 amide bonds. The predicted molar refractivity (Wildman–Crippen MR) is 191 cm³/mol. The van der Waals surface area contributed by atoms with Crippen LogP contribution in [0, 0.1) is 23.7 Å². The fourth-order valence-corrected chi connectivity index (χ4v) is 8.48. The zero-order valence-corrected chi connectivity index (χ0v) is 31.1. The first kappa shape index (κ1) is 38.9. The minimum Gasteiger partial charge on any atom is -0.756 e. The summed E-state index contributed by atoms with van der Waals surface area (Å²) in [5, 5.41) is 27.0. The van der Waals surface area contributed by atoms with Gasteiger partial charge in [-0.05, 0) is 56.9 Å². The lowest BCUT2D eigenvalue weighted by molar-refractivity contribution is -0.961. The molecule has 4 unspecified atom stereocenters. The van der Waals surface area contributed by atoms with E-state index in [1.807, 2.05) is 57.2 Å². The highest BCUT2D eigenvalue weighted by atomic mass is 31.2. The Bertz CT molecular complexity index is 1520. The number of nitrogens with zero attached hydrogens (tertiary/aromatic N) is 1. The molecule has 1 saturated carbocycles. The van der Waals surface area contributed by atoms with Crippen molar-refractivity contribution in [2.45, 2.75) is 108 Å². The maximum atomic E-state index is 12.5. The molecule has 1 aliphatic carbocycles. The van der Waals surface area contributed by atoms with E-state index >= 15 is 0 Å². The van der Waals surface area contributed by atoms with Gasteiger partial charge in [-0.15, -0.1) is 0 Å². The van der Waals surface area contributed by atoms with Gasteiger partial charge in [0.05, 0.1) is 19.2 Å². The molecule has 2 aromatic rings. The van der Waals surface area contributed by atoms with Gasteiger partial charge in [0.15, 0.2) is 18.0 Å². The summed E-state index contributed by atoms with van der Waals surface area (Å²) in [6.07, 6.45) is 8.65. The first-order valence-electron chi connectivity index (χ1n) is 18.3. The Kier molecular flexibility index (Phi) is 12.6. The molecule has 0 radical (unpaired) electrons. The van der Waals surface area contributed by atoms with Crippen LogP contribution < -0.4 is 14.9 Å². The quantitative estimate of drug-likeness (QED) is 0.1000. The Morgan fingerprint density at radius 1 is 1.04 bits per heavy atom. The van der Waals surface area contributed by atoms with E-state index in [0.29, 0.717) is 35.4 Å². The fourth-order valence-electron chi connectivity index (χ4n) is 8.29. The van der Waals surface area contributed by atoms with Gasteiger partial charge in [-0.1, -0.05) is 80.3 Å². The molecule has 50 heavy (non-hydrogen) atoms. The molecule has 4 N–H and O–H groups in total. The Hall–Kier alpha value is -2.29. The molecule has 4 fully saturated rings. The van der Waals surface area contributed by atoms with Gasteiger partial charge in [0.25, 0.3) is 7.82 Å². The second-order valence-electron chi connectivity index (χ2n) is 15.8. The highest BCUT2D eigenvalue weighted by Gasteiger charge is 2.56. The number of aliphatic hydroxyl groups excluding tert-OH is 1. The van der Waals surface area contributed by atoms with Gasteiger partial charge in [-0.3, -0.25) is 9.09 Å². The van der Waals surface area contributed by atoms with Crippen LogP contribution >= 0.6 is 7.82 Å². The fraction of sp³-hybridized carbons (Fsp3) is 0.641. The van der Waals surface area contributed by atoms with E-state index in [9.17, 15) is 19.7 Å². The van der Waals surface area contributed by atoms with Crippen molar-refractivity contribution in [3.05, 3.63) is 65.2 Å². The number of β-amino-alcohol motifs (C(OH)–C–C–N with tert-alkyl or cyclic N) is 1. The predicted octanol–water partition coefficient (Wildman–Crippen LogP) is 5.30. The number of nitrogens with one attached hydrogen (secondary N) is 1. The third-order valence-electron chi connectivity index (χ3n) is 11.1. The van der Waals surface area contributed by atoms with Crippen LogP contribution in [-0.2, 0) is 26.0 Å². The highest BCUT2D eigenvalue weighted by Crippen LogP contribution is 2.45. The summed E-state index contributed by atoms with van der Waals surface area (Å²) >= 11 is 0. The van der Waals surface area contributed by atoms with E-state index in [4.69, 9.17) is 14.4 Å². The van der Waals surface area contributed by atoms with Crippen LogP contribution in [0.2, 0.25) is 0 Å². The summed E-state index contributed by atoms with van der Waals surface area (Å²) in [5.41, 5.74) is 0.0844. The summed E-state index contributed by atoms with van der Waals surface area (Å²) < 4.78 is 28.6. The normalized spacial score (nSPS) is 27.6. The second kappa shape index (κ2) is 16.2. The molecule has 2 aromatic carbocycles. The van der Waals surface area contributed by atoms with Crippen molar-refractivity contribution >= 4 is 7.82 Å². The number of aliphatic hydroxyl groups is 2. The van der Waals surface area contributed by atoms with E-state index in [1.165, 1.54) is 19.3 Å². The smallest absolute Gasteiger partial charge is 0.268 e. The SMILES string of the molecule is COC1(C#CC(O)(c2ccccc2)C2CCCCCCC2)C[N+]2(Cc3cc(C(O)CNC(C)(C)C)ccc3OCOP(=O)([O-])O)CCC1CC2. The molecule has 3 saturated heterocycles. The maximum absolute atomic E-state index is 12.5. The number of methoxy groups -OCH3 is 1. The average molecular weight is 713 g/mol. The maximum Gasteiger partial charge on any atom is 0.268 e. The summed E-state index contributed by atoms with van der Waals surface area (Å²) in [7, 11) is -3.25. The lowest BCUT2D eigenvalue weighted by Gasteiger charge is -2.56. The number of hydrogen-bond acceptors (Lipinski definition) is 8. The minimum atomic E-state index is -4.98. The lowest BCUT2D eigenvalue weighted by atomic mass is 9.71. The van der Waals surface area contributed by atoms with Crippen LogP contribution in [-0.4, -0.2) is 70.8 Å². The second-order valence-corrected chi connectivity index (χ2v) is 17.0. The van der Waals surface area contributed by atoms with Crippen molar-refractivity contribution in [2.75, 3.05) is 40.1 Å². The first-order valence-corrected chi connectivity index (χ1v) is 19.8. The molecule has 3 aliphatic heterocycles. The summed E-state index contributed by atoms with van der Waals surface area (Å²) in [6, 6.07) is 15.3. The highest BCUT2D eigenvalue weighted by molar-refractivity contribution is 7.44. The van der Waals surface area contributed by atoms with Crippen LogP contribution in [0.3, 0.4) is 0 Å². The van der Waals surface area contributed by atoms with E-state index in [0.717, 1.165) is 62.7 Å². The first-order chi connectivity index (χ1) is 23.7. The average Bonchev–Trinajstić information content (AvgIpc) is 3.06. The molecule has 0 spiro atoms. The summed E-state index contributed by atoms with van der Waals surface area (Å²) in [6.45, 7) is 8.72. The monoisotopic (exact) mass is 712 g/mol. The van der Waals surface area contributed by atoms with E-state index in [1.54, 1.807) is 19.2 Å². The van der Waals surface area contributed by atoms with Gasteiger partial charge in [0.1, 0.15) is 18.8 Å². The zero-order chi connectivity index (χ0) is 36.0. The molecule has 4 aliphatic rings. The number of hydrogen-bond donors (Lipinski definition) is 4. The van der Waals surface area contributed by atoms with Crippen molar-refractivity contribution < 1.29 is 43.0 Å². The zero-order valence-electron chi connectivity index (χ0n) is 30.2. The van der Waals surface area contributed by atoms with Crippen LogP contribution in [0.5, 0.6) is 5.75 Å². The van der Waals surface area contributed by atoms with Crippen LogP contribution in [0.25, 0.3) is 0 Å². The Morgan fingerprint density at radius 2 is 1.70 bits per heavy atom. The van der Waals surface area contributed by atoms with E-state index < -0.39 is 31.9 Å². The number of phosphoric ester groups is 1. The van der Waals surface area contributed by atoms with Crippen molar-refractivity contribution in [2.24, 2.45) is 11.8 Å². The molecule has 11 heteroatoms. The number of ether oxygens (including phenoxy) is 2. The Labute approximate surface area is 298 Å². The van der Waals surface area contributed by atoms with Crippen molar-refractivity contribution in [3.63, 3.8) is 0 Å². The van der Waals surface area contributed by atoms with Crippen LogP contribution in [0.15, 0.2) is 48.5 Å². The number of phosphoric acid groups is 1.